The number of aryl methyl sites for hydroxylation is 1. The highest BCUT2D eigenvalue weighted by atomic mass is 32.1. The number of aliphatic hydroxyl groups is 1. The highest BCUT2D eigenvalue weighted by Crippen LogP contribution is 2.39. The lowest BCUT2D eigenvalue weighted by molar-refractivity contribution is -0.137. The second-order valence-electron chi connectivity index (χ2n) is 7.92. The standard InChI is InChI=1S/C21H26F3N5O2S/c1-3-4-5-6-7-8-16-26-17(29-31-16)14-10-9-13(11-15(14)21(22,23)24)18-27-28-19(32-18)20(2,25)12-30/h9-11,30H,3-8,12,25H2,1-2H3. The Labute approximate surface area is 187 Å². The minimum Gasteiger partial charge on any atom is -0.394 e. The van der Waals surface area contributed by atoms with Crippen LogP contribution in [-0.4, -0.2) is 32.1 Å². The fraction of sp³-hybridized carbons (Fsp3) is 0.524. The van der Waals surface area contributed by atoms with E-state index in [0.29, 0.717) is 17.3 Å². The summed E-state index contributed by atoms with van der Waals surface area (Å²) in [5, 5.41) is 21.6. The van der Waals surface area contributed by atoms with Crippen molar-refractivity contribution in [3.8, 4) is 22.0 Å². The van der Waals surface area contributed by atoms with Crippen LogP contribution in [0.5, 0.6) is 0 Å². The van der Waals surface area contributed by atoms with E-state index in [1.807, 2.05) is 0 Å². The molecule has 0 aliphatic carbocycles. The lowest BCUT2D eigenvalue weighted by Gasteiger charge is -2.16. The maximum atomic E-state index is 13.8. The number of unbranched alkanes of at least 4 members (excludes halogenated alkanes) is 4. The number of nitrogens with two attached hydrogens (primary N) is 1. The van der Waals surface area contributed by atoms with Gasteiger partial charge in [0, 0.05) is 17.5 Å². The predicted octanol–water partition coefficient (Wildman–Crippen LogP) is 4.95. The van der Waals surface area contributed by atoms with Gasteiger partial charge >= 0.3 is 6.18 Å². The van der Waals surface area contributed by atoms with Crippen molar-refractivity contribution in [2.45, 2.75) is 64.1 Å². The van der Waals surface area contributed by atoms with Crippen LogP contribution in [0.4, 0.5) is 13.2 Å². The average molecular weight is 470 g/mol. The number of hydrogen-bond donors (Lipinski definition) is 2. The first kappa shape index (κ1) is 24.3. The van der Waals surface area contributed by atoms with Crippen molar-refractivity contribution in [2.75, 3.05) is 6.61 Å². The minimum atomic E-state index is -4.63. The number of aromatic nitrogens is 4. The molecule has 0 saturated carbocycles. The Morgan fingerprint density at radius 3 is 2.56 bits per heavy atom. The van der Waals surface area contributed by atoms with Crippen LogP contribution in [0.15, 0.2) is 22.7 Å². The molecule has 3 N–H and O–H groups in total. The molecule has 32 heavy (non-hydrogen) atoms. The number of rotatable bonds is 10. The van der Waals surface area contributed by atoms with E-state index in [0.717, 1.165) is 49.5 Å². The maximum absolute atomic E-state index is 13.8. The van der Waals surface area contributed by atoms with Gasteiger partial charge in [0.1, 0.15) is 10.0 Å². The van der Waals surface area contributed by atoms with E-state index in [1.165, 1.54) is 12.1 Å². The molecule has 0 aliphatic heterocycles. The summed E-state index contributed by atoms with van der Waals surface area (Å²) >= 11 is 1.03. The van der Waals surface area contributed by atoms with Crippen LogP contribution in [0.1, 0.15) is 62.4 Å². The molecule has 174 valence electrons. The molecular weight excluding hydrogens is 443 g/mol. The molecule has 3 rings (SSSR count). The quantitative estimate of drug-likeness (QED) is 0.404. The molecule has 2 heterocycles. The molecule has 1 aromatic carbocycles. The van der Waals surface area contributed by atoms with Crippen LogP contribution in [0.3, 0.4) is 0 Å². The second kappa shape index (κ2) is 10.1. The number of halogens is 3. The van der Waals surface area contributed by atoms with Gasteiger partial charge in [0.2, 0.25) is 11.7 Å². The average Bonchev–Trinajstić information content (AvgIpc) is 3.43. The van der Waals surface area contributed by atoms with E-state index in [-0.39, 0.29) is 28.6 Å². The monoisotopic (exact) mass is 469 g/mol. The molecule has 7 nitrogen and oxygen atoms in total. The molecule has 3 aromatic rings. The van der Waals surface area contributed by atoms with Crippen LogP contribution in [0.25, 0.3) is 22.0 Å². The molecule has 0 bridgehead atoms. The van der Waals surface area contributed by atoms with Gasteiger partial charge in [0.25, 0.3) is 0 Å². The Bertz CT molecular complexity index is 1030. The summed E-state index contributed by atoms with van der Waals surface area (Å²) < 4.78 is 46.7. The van der Waals surface area contributed by atoms with Crippen LogP contribution in [0, 0.1) is 0 Å². The van der Waals surface area contributed by atoms with Gasteiger partial charge in [-0.2, -0.15) is 18.2 Å². The van der Waals surface area contributed by atoms with Crippen molar-refractivity contribution in [3.05, 3.63) is 34.7 Å². The third-order valence-corrected chi connectivity index (χ3v) is 6.27. The molecule has 0 amide bonds. The zero-order valence-corrected chi connectivity index (χ0v) is 18.8. The van der Waals surface area contributed by atoms with Crippen molar-refractivity contribution in [1.82, 2.24) is 20.3 Å². The molecule has 1 unspecified atom stereocenters. The summed E-state index contributed by atoms with van der Waals surface area (Å²) in [6.45, 7) is 3.33. The van der Waals surface area contributed by atoms with Crippen molar-refractivity contribution >= 4 is 11.3 Å². The first-order valence-electron chi connectivity index (χ1n) is 10.4. The van der Waals surface area contributed by atoms with Gasteiger partial charge in [-0.05, 0) is 25.5 Å². The van der Waals surface area contributed by atoms with Crippen molar-refractivity contribution < 1.29 is 22.8 Å². The third kappa shape index (κ3) is 5.70. The lowest BCUT2D eigenvalue weighted by atomic mass is 10.0. The van der Waals surface area contributed by atoms with Gasteiger partial charge in [-0.3, -0.25) is 0 Å². The summed E-state index contributed by atoms with van der Waals surface area (Å²) in [6.07, 6.45) is 1.14. The fourth-order valence-electron chi connectivity index (χ4n) is 3.09. The number of nitrogens with zero attached hydrogens (tertiary/aromatic N) is 4. The zero-order chi connectivity index (χ0) is 23.4. The predicted molar refractivity (Wildman–Crippen MR) is 115 cm³/mol. The van der Waals surface area contributed by atoms with Gasteiger partial charge in [0.15, 0.2) is 0 Å². The van der Waals surface area contributed by atoms with Gasteiger partial charge < -0.3 is 15.4 Å². The Morgan fingerprint density at radius 1 is 1.12 bits per heavy atom. The zero-order valence-electron chi connectivity index (χ0n) is 17.9. The Hall–Kier alpha value is -2.37. The van der Waals surface area contributed by atoms with Crippen molar-refractivity contribution in [3.63, 3.8) is 0 Å². The lowest BCUT2D eigenvalue weighted by Crippen LogP contribution is -2.36. The van der Waals surface area contributed by atoms with Crippen molar-refractivity contribution in [1.29, 1.82) is 0 Å². The highest BCUT2D eigenvalue weighted by molar-refractivity contribution is 7.14. The van der Waals surface area contributed by atoms with Gasteiger partial charge in [-0.25, -0.2) is 0 Å². The molecular formula is C21H26F3N5O2S. The second-order valence-corrected chi connectivity index (χ2v) is 8.90. The smallest absolute Gasteiger partial charge is 0.394 e. The Balaban J connectivity index is 1.86. The molecule has 0 spiro atoms. The number of aliphatic hydroxyl groups excluding tert-OH is 1. The van der Waals surface area contributed by atoms with Gasteiger partial charge in [-0.1, -0.05) is 55.2 Å². The fourth-order valence-corrected chi connectivity index (χ4v) is 3.98. The number of benzene rings is 1. The molecule has 0 radical (unpaired) electrons. The topological polar surface area (TPSA) is 111 Å². The summed E-state index contributed by atoms with van der Waals surface area (Å²) in [4.78, 5) is 4.17. The van der Waals surface area contributed by atoms with E-state index in [9.17, 15) is 18.3 Å². The van der Waals surface area contributed by atoms with Gasteiger partial charge in [-0.15, -0.1) is 10.2 Å². The largest absolute Gasteiger partial charge is 0.417 e. The van der Waals surface area contributed by atoms with Crippen LogP contribution < -0.4 is 5.73 Å². The highest BCUT2D eigenvalue weighted by Gasteiger charge is 2.36. The van der Waals surface area contributed by atoms with E-state index < -0.39 is 17.3 Å². The van der Waals surface area contributed by atoms with Crippen LogP contribution in [0.2, 0.25) is 0 Å². The Kier molecular flexibility index (Phi) is 7.63. The van der Waals surface area contributed by atoms with E-state index in [4.69, 9.17) is 10.3 Å². The normalized spacial score (nSPS) is 14.0. The summed E-state index contributed by atoms with van der Waals surface area (Å²) in [5.41, 5.74) is 4.00. The van der Waals surface area contributed by atoms with Crippen LogP contribution >= 0.6 is 11.3 Å². The third-order valence-electron chi connectivity index (χ3n) is 5.02. The summed E-state index contributed by atoms with van der Waals surface area (Å²) in [7, 11) is 0. The molecule has 11 heteroatoms. The molecule has 1 atom stereocenters. The van der Waals surface area contributed by atoms with E-state index in [2.05, 4.69) is 27.3 Å². The summed E-state index contributed by atoms with van der Waals surface area (Å²) in [5.74, 6) is 0.230. The number of hydrogen-bond acceptors (Lipinski definition) is 8. The first-order chi connectivity index (χ1) is 15.2. The maximum Gasteiger partial charge on any atom is 0.417 e. The van der Waals surface area contributed by atoms with E-state index in [1.54, 1.807) is 6.92 Å². The minimum absolute atomic E-state index is 0.0970. The molecule has 0 fully saturated rings. The van der Waals surface area contributed by atoms with Crippen LogP contribution in [-0.2, 0) is 18.1 Å². The Morgan fingerprint density at radius 2 is 1.88 bits per heavy atom. The van der Waals surface area contributed by atoms with Gasteiger partial charge in [0.05, 0.1) is 17.7 Å². The molecule has 2 aromatic heterocycles. The molecule has 0 saturated heterocycles. The number of alkyl halides is 3. The summed E-state index contributed by atoms with van der Waals surface area (Å²) in [6, 6.07) is 3.80. The first-order valence-corrected chi connectivity index (χ1v) is 11.3. The van der Waals surface area contributed by atoms with E-state index >= 15 is 0 Å². The SMILES string of the molecule is CCCCCCCc1nc(-c2ccc(-c3nnc(C(C)(N)CO)s3)cc2C(F)(F)F)no1. The molecule has 0 aliphatic rings. The van der Waals surface area contributed by atoms with Crippen molar-refractivity contribution in [2.24, 2.45) is 5.73 Å².